The van der Waals surface area contributed by atoms with Gasteiger partial charge in [0.25, 0.3) is 0 Å². The zero-order valence-electron chi connectivity index (χ0n) is 20.6. The van der Waals surface area contributed by atoms with E-state index in [-0.39, 0.29) is 0 Å². The molecule has 0 radical (unpaired) electrons. The predicted octanol–water partition coefficient (Wildman–Crippen LogP) is 8.06. The van der Waals surface area contributed by atoms with Gasteiger partial charge < -0.3 is 5.11 Å². The smallest absolute Gasteiger partial charge is 0.0461 e. The Labute approximate surface area is 173 Å². The Morgan fingerprint density at radius 3 is 1.30 bits per heavy atom. The molecule has 0 rings (SSSR count). The van der Waals surface area contributed by atoms with Crippen molar-refractivity contribution in [3.8, 4) is 0 Å². The molecular weight excluding hydrogens is 328 g/mol. The van der Waals surface area contributed by atoms with Crippen LogP contribution < -0.4 is 0 Å². The molecular formula is C26H54O. The Morgan fingerprint density at radius 1 is 0.481 bits per heavy atom. The van der Waals surface area contributed by atoms with Gasteiger partial charge in [-0.3, -0.25) is 0 Å². The molecule has 7 unspecified atom stereocenters. The maximum atomic E-state index is 9.98. The molecule has 0 aromatic heterocycles. The van der Waals surface area contributed by atoms with Crippen LogP contribution in [0.15, 0.2) is 0 Å². The van der Waals surface area contributed by atoms with Crippen molar-refractivity contribution in [2.24, 2.45) is 53.3 Å². The van der Waals surface area contributed by atoms with E-state index in [1.54, 1.807) is 0 Å². The minimum atomic E-state index is 0.360. The fourth-order valence-corrected chi connectivity index (χ4v) is 5.00. The summed E-state index contributed by atoms with van der Waals surface area (Å²) >= 11 is 0. The quantitative estimate of drug-likeness (QED) is 0.303. The highest BCUT2D eigenvalue weighted by molar-refractivity contribution is 4.74. The van der Waals surface area contributed by atoms with E-state index >= 15 is 0 Å². The van der Waals surface area contributed by atoms with Crippen molar-refractivity contribution in [1.29, 1.82) is 0 Å². The molecule has 7 atom stereocenters. The summed E-state index contributed by atoms with van der Waals surface area (Å²) in [4.78, 5) is 0. The van der Waals surface area contributed by atoms with Crippen molar-refractivity contribution >= 4 is 0 Å². The van der Waals surface area contributed by atoms with Gasteiger partial charge in [0.15, 0.2) is 0 Å². The second-order valence-electron chi connectivity index (χ2n) is 11.2. The summed E-state index contributed by atoms with van der Waals surface area (Å²) in [5, 5.41) is 9.98. The highest BCUT2D eigenvalue weighted by Gasteiger charge is 2.23. The van der Waals surface area contributed by atoms with Gasteiger partial charge in [-0.15, -0.1) is 0 Å². The van der Waals surface area contributed by atoms with E-state index in [1.807, 2.05) is 0 Å². The van der Waals surface area contributed by atoms with Crippen molar-refractivity contribution in [2.45, 2.75) is 108 Å². The van der Waals surface area contributed by atoms with Gasteiger partial charge in [-0.05, 0) is 85.4 Å². The molecule has 0 aliphatic rings. The molecule has 0 amide bonds. The largest absolute Gasteiger partial charge is 0.396 e. The van der Waals surface area contributed by atoms with Gasteiger partial charge in [-0.1, -0.05) is 75.7 Å². The SMILES string of the molecule is CC(C)CC(C)C(C)CC(C)CCC(CO)C(C)CC(C)C(C)CC(C)C. The molecule has 164 valence electrons. The first kappa shape index (κ1) is 27.0. The predicted molar refractivity (Wildman–Crippen MR) is 123 cm³/mol. The molecule has 0 aromatic carbocycles. The molecule has 0 saturated heterocycles. The molecule has 0 saturated carbocycles. The average Bonchev–Trinajstić information content (AvgIpc) is 2.53. The Morgan fingerprint density at radius 2 is 0.889 bits per heavy atom. The molecule has 1 heteroatoms. The summed E-state index contributed by atoms with van der Waals surface area (Å²) in [6.07, 6.45) is 7.72. The Kier molecular flexibility index (Phi) is 14.0. The van der Waals surface area contributed by atoms with Gasteiger partial charge >= 0.3 is 0 Å². The van der Waals surface area contributed by atoms with Crippen molar-refractivity contribution < 1.29 is 5.11 Å². The number of hydrogen-bond donors (Lipinski definition) is 1. The van der Waals surface area contributed by atoms with Crippen LogP contribution in [0.2, 0.25) is 0 Å². The summed E-state index contributed by atoms with van der Waals surface area (Å²) in [5.74, 6) is 6.64. The van der Waals surface area contributed by atoms with E-state index in [4.69, 9.17) is 0 Å². The van der Waals surface area contributed by atoms with Gasteiger partial charge in [0.1, 0.15) is 0 Å². The maximum absolute atomic E-state index is 9.98. The number of aliphatic hydroxyl groups excluding tert-OH is 1. The van der Waals surface area contributed by atoms with Crippen molar-refractivity contribution in [2.75, 3.05) is 6.61 Å². The molecule has 0 aliphatic heterocycles. The summed E-state index contributed by atoms with van der Waals surface area (Å²) in [5.41, 5.74) is 0. The summed E-state index contributed by atoms with van der Waals surface area (Å²) in [6.45, 7) is 24.2. The van der Waals surface area contributed by atoms with Crippen LogP contribution >= 0.6 is 0 Å². The minimum Gasteiger partial charge on any atom is -0.396 e. The van der Waals surface area contributed by atoms with Gasteiger partial charge in [0, 0.05) is 6.61 Å². The standard InChI is InChI=1S/C26H54O/c1-18(2)13-21(6)23(8)15-20(5)11-12-26(17-27)25(10)16-24(9)22(7)14-19(3)4/h18-27H,11-17H2,1-10H3. The van der Waals surface area contributed by atoms with Crippen molar-refractivity contribution in [3.05, 3.63) is 0 Å². The summed E-state index contributed by atoms with van der Waals surface area (Å²) in [7, 11) is 0. The van der Waals surface area contributed by atoms with Crippen LogP contribution in [-0.4, -0.2) is 11.7 Å². The molecule has 0 heterocycles. The number of aliphatic hydroxyl groups is 1. The molecule has 0 aromatic rings. The van der Waals surface area contributed by atoms with Gasteiger partial charge in [0.05, 0.1) is 0 Å². The lowest BCUT2D eigenvalue weighted by Crippen LogP contribution is -2.22. The third kappa shape index (κ3) is 12.2. The Hall–Kier alpha value is -0.0400. The maximum Gasteiger partial charge on any atom is 0.0461 e. The minimum absolute atomic E-state index is 0.360. The lowest BCUT2D eigenvalue weighted by Gasteiger charge is -2.30. The highest BCUT2D eigenvalue weighted by Crippen LogP contribution is 2.32. The molecule has 0 spiro atoms. The first-order valence-corrected chi connectivity index (χ1v) is 12.1. The third-order valence-corrected chi connectivity index (χ3v) is 7.22. The van der Waals surface area contributed by atoms with E-state index in [0.717, 1.165) is 41.4 Å². The fourth-order valence-electron chi connectivity index (χ4n) is 5.00. The van der Waals surface area contributed by atoms with Crippen LogP contribution in [-0.2, 0) is 0 Å². The second-order valence-corrected chi connectivity index (χ2v) is 11.2. The summed E-state index contributed by atoms with van der Waals surface area (Å²) in [6, 6.07) is 0. The molecule has 0 bridgehead atoms. The fraction of sp³-hybridized carbons (Fsp3) is 1.00. The zero-order valence-corrected chi connectivity index (χ0v) is 20.6. The van der Waals surface area contributed by atoms with E-state index in [2.05, 4.69) is 69.2 Å². The Bertz CT molecular complexity index is 348. The highest BCUT2D eigenvalue weighted by atomic mass is 16.3. The topological polar surface area (TPSA) is 20.2 Å². The van der Waals surface area contributed by atoms with Crippen molar-refractivity contribution in [1.82, 2.24) is 0 Å². The Balaban J connectivity index is 4.37. The van der Waals surface area contributed by atoms with Crippen LogP contribution in [0.4, 0.5) is 0 Å². The zero-order chi connectivity index (χ0) is 21.1. The number of rotatable bonds is 15. The molecule has 27 heavy (non-hydrogen) atoms. The van der Waals surface area contributed by atoms with E-state index in [9.17, 15) is 5.11 Å². The van der Waals surface area contributed by atoms with Gasteiger partial charge in [0.2, 0.25) is 0 Å². The van der Waals surface area contributed by atoms with Crippen LogP contribution in [0, 0.1) is 53.3 Å². The molecule has 1 N–H and O–H groups in total. The normalized spacial score (nSPS) is 20.3. The molecule has 0 aliphatic carbocycles. The van der Waals surface area contributed by atoms with Crippen LogP contribution in [0.1, 0.15) is 108 Å². The van der Waals surface area contributed by atoms with E-state index < -0.39 is 0 Å². The van der Waals surface area contributed by atoms with Crippen LogP contribution in [0.25, 0.3) is 0 Å². The number of hydrogen-bond acceptors (Lipinski definition) is 1. The molecule has 0 fully saturated rings. The lowest BCUT2D eigenvalue weighted by atomic mass is 9.76. The average molecular weight is 383 g/mol. The lowest BCUT2D eigenvalue weighted by molar-refractivity contribution is 0.139. The summed E-state index contributed by atoms with van der Waals surface area (Å²) < 4.78 is 0. The second kappa shape index (κ2) is 14.0. The van der Waals surface area contributed by atoms with Crippen LogP contribution in [0.3, 0.4) is 0 Å². The van der Waals surface area contributed by atoms with Gasteiger partial charge in [-0.25, -0.2) is 0 Å². The van der Waals surface area contributed by atoms with E-state index in [0.29, 0.717) is 18.4 Å². The molecule has 1 nitrogen and oxygen atoms in total. The first-order valence-electron chi connectivity index (χ1n) is 12.1. The monoisotopic (exact) mass is 382 g/mol. The van der Waals surface area contributed by atoms with Gasteiger partial charge in [-0.2, -0.15) is 0 Å². The van der Waals surface area contributed by atoms with Crippen LogP contribution in [0.5, 0.6) is 0 Å². The van der Waals surface area contributed by atoms with E-state index in [1.165, 1.54) is 38.5 Å². The first-order chi connectivity index (χ1) is 12.5. The van der Waals surface area contributed by atoms with Crippen molar-refractivity contribution in [3.63, 3.8) is 0 Å². The third-order valence-electron chi connectivity index (χ3n) is 7.22.